The maximum atomic E-state index is 12.7. The first-order valence-corrected chi connectivity index (χ1v) is 9.98. The molecule has 1 aliphatic rings. The van der Waals surface area contributed by atoms with Gasteiger partial charge in [-0.3, -0.25) is 4.79 Å². The Morgan fingerprint density at radius 2 is 1.57 bits per heavy atom. The first-order chi connectivity index (χ1) is 13.0. The monoisotopic (exact) mass is 389 g/mol. The molecular formula is C22H35N3O3. The van der Waals surface area contributed by atoms with E-state index >= 15 is 0 Å². The number of carbonyl (C=O) groups is 2. The lowest BCUT2D eigenvalue weighted by Gasteiger charge is -2.39. The molecule has 0 aliphatic carbocycles. The zero-order chi connectivity index (χ0) is 21.2. The zero-order valence-corrected chi connectivity index (χ0v) is 18.4. The van der Waals surface area contributed by atoms with Gasteiger partial charge in [0.1, 0.15) is 0 Å². The van der Waals surface area contributed by atoms with Gasteiger partial charge in [0.25, 0.3) is 0 Å². The lowest BCUT2D eigenvalue weighted by atomic mass is 9.89. The molecule has 28 heavy (non-hydrogen) atoms. The first kappa shape index (κ1) is 22.2. The number of nitrogens with one attached hydrogen (secondary N) is 1. The van der Waals surface area contributed by atoms with E-state index in [0.29, 0.717) is 25.9 Å². The minimum Gasteiger partial charge on any atom is -0.387 e. The number of piperidine rings is 1. The SMILES string of the molecule is Cc1c(C)c(C)c(CNC(=O)N2CCCC(O)(CC(=O)N(C)C)C2)c(C)c1C. The van der Waals surface area contributed by atoms with Crippen molar-refractivity contribution in [1.29, 1.82) is 0 Å². The van der Waals surface area contributed by atoms with E-state index in [1.54, 1.807) is 19.0 Å². The van der Waals surface area contributed by atoms with Crippen LogP contribution in [0.2, 0.25) is 0 Å². The molecule has 2 N–H and O–H groups in total. The number of hydrogen-bond acceptors (Lipinski definition) is 3. The van der Waals surface area contributed by atoms with E-state index < -0.39 is 5.60 Å². The summed E-state index contributed by atoms with van der Waals surface area (Å²) in [5, 5.41) is 13.8. The molecule has 1 unspecified atom stereocenters. The molecule has 3 amide bonds. The van der Waals surface area contributed by atoms with Gasteiger partial charge in [0, 0.05) is 27.2 Å². The van der Waals surface area contributed by atoms with Crippen LogP contribution in [0.15, 0.2) is 0 Å². The number of nitrogens with zero attached hydrogens (tertiary/aromatic N) is 2. The van der Waals surface area contributed by atoms with Crippen molar-refractivity contribution >= 4 is 11.9 Å². The topological polar surface area (TPSA) is 72.9 Å². The first-order valence-electron chi connectivity index (χ1n) is 9.98. The third-order valence-corrected chi connectivity index (χ3v) is 6.39. The standard InChI is InChI=1S/C22H35N3O3/c1-14-15(2)17(4)19(18(5)16(14)3)12-23-21(27)25-10-8-9-22(28,13-25)11-20(26)24(6)7/h28H,8-13H2,1-7H3,(H,23,27). The fourth-order valence-corrected chi connectivity index (χ4v) is 3.99. The molecule has 0 aromatic heterocycles. The summed E-state index contributed by atoms with van der Waals surface area (Å²) < 4.78 is 0. The minimum atomic E-state index is -1.15. The second kappa shape index (κ2) is 8.52. The van der Waals surface area contributed by atoms with E-state index in [2.05, 4.69) is 39.9 Å². The lowest BCUT2D eigenvalue weighted by molar-refractivity contribution is -0.135. The fourth-order valence-electron chi connectivity index (χ4n) is 3.99. The largest absolute Gasteiger partial charge is 0.387 e. The number of amides is 3. The summed E-state index contributed by atoms with van der Waals surface area (Å²) in [6.45, 7) is 11.8. The van der Waals surface area contributed by atoms with Gasteiger partial charge in [0.05, 0.1) is 18.6 Å². The summed E-state index contributed by atoms with van der Waals surface area (Å²) >= 11 is 0. The van der Waals surface area contributed by atoms with E-state index in [-0.39, 0.29) is 24.9 Å². The van der Waals surface area contributed by atoms with E-state index in [0.717, 1.165) is 5.56 Å². The Kier molecular flexibility index (Phi) is 6.75. The van der Waals surface area contributed by atoms with E-state index in [9.17, 15) is 14.7 Å². The Balaban J connectivity index is 2.07. The number of carbonyl (C=O) groups excluding carboxylic acids is 2. The molecule has 1 aliphatic heterocycles. The Labute approximate surface area is 168 Å². The maximum Gasteiger partial charge on any atom is 0.317 e. The van der Waals surface area contributed by atoms with Crippen molar-refractivity contribution in [2.75, 3.05) is 27.2 Å². The molecule has 1 aromatic carbocycles. The van der Waals surface area contributed by atoms with Crippen molar-refractivity contribution < 1.29 is 14.7 Å². The van der Waals surface area contributed by atoms with E-state index in [1.807, 2.05) is 0 Å². The predicted octanol–water partition coefficient (Wildman–Crippen LogP) is 2.74. The summed E-state index contributed by atoms with van der Waals surface area (Å²) in [7, 11) is 3.35. The van der Waals surface area contributed by atoms with Crippen molar-refractivity contribution in [2.24, 2.45) is 0 Å². The molecule has 6 heteroatoms. The normalized spacial score (nSPS) is 19.5. The van der Waals surface area contributed by atoms with Crippen molar-refractivity contribution in [2.45, 2.75) is 66.0 Å². The van der Waals surface area contributed by atoms with E-state index in [4.69, 9.17) is 0 Å². The summed E-state index contributed by atoms with van der Waals surface area (Å²) in [6.07, 6.45) is 1.26. The third-order valence-electron chi connectivity index (χ3n) is 6.39. The molecule has 1 aromatic rings. The number of urea groups is 1. The second-order valence-corrected chi connectivity index (χ2v) is 8.48. The number of likely N-dealkylation sites (tertiary alicyclic amines) is 1. The molecule has 6 nitrogen and oxygen atoms in total. The van der Waals surface area contributed by atoms with Crippen molar-refractivity contribution in [1.82, 2.24) is 15.1 Å². The fraction of sp³-hybridized carbons (Fsp3) is 0.636. The summed E-state index contributed by atoms with van der Waals surface area (Å²) in [5.74, 6) is -0.124. The number of rotatable bonds is 4. The van der Waals surface area contributed by atoms with E-state index in [1.165, 1.54) is 32.7 Å². The van der Waals surface area contributed by atoms with Crippen LogP contribution in [-0.2, 0) is 11.3 Å². The lowest BCUT2D eigenvalue weighted by Crippen LogP contribution is -2.54. The van der Waals surface area contributed by atoms with Gasteiger partial charge in [-0.1, -0.05) is 0 Å². The third kappa shape index (κ3) is 4.66. The molecular weight excluding hydrogens is 354 g/mol. The molecule has 1 saturated heterocycles. The van der Waals surface area contributed by atoms with Crippen molar-refractivity contribution in [3.05, 3.63) is 33.4 Å². The van der Waals surface area contributed by atoms with Crippen LogP contribution in [0.1, 0.15) is 52.6 Å². The second-order valence-electron chi connectivity index (χ2n) is 8.48. The average molecular weight is 390 g/mol. The molecule has 1 fully saturated rings. The highest BCUT2D eigenvalue weighted by atomic mass is 16.3. The van der Waals surface area contributed by atoms with Gasteiger partial charge in [0.15, 0.2) is 0 Å². The van der Waals surface area contributed by atoms with Crippen LogP contribution in [0.25, 0.3) is 0 Å². The Bertz CT molecular complexity index is 744. The predicted molar refractivity (Wildman–Crippen MR) is 111 cm³/mol. The maximum absolute atomic E-state index is 12.7. The molecule has 0 saturated carbocycles. The highest BCUT2D eigenvalue weighted by molar-refractivity contribution is 5.77. The summed E-state index contributed by atoms with van der Waals surface area (Å²) in [4.78, 5) is 27.9. The quantitative estimate of drug-likeness (QED) is 0.832. The molecule has 2 rings (SSSR count). The Morgan fingerprint density at radius 3 is 2.11 bits per heavy atom. The van der Waals surface area contributed by atoms with Crippen LogP contribution >= 0.6 is 0 Å². The smallest absolute Gasteiger partial charge is 0.317 e. The highest BCUT2D eigenvalue weighted by Gasteiger charge is 2.37. The number of benzene rings is 1. The molecule has 0 bridgehead atoms. The van der Waals surface area contributed by atoms with Gasteiger partial charge >= 0.3 is 6.03 Å². The van der Waals surface area contributed by atoms with Crippen LogP contribution in [0, 0.1) is 34.6 Å². The van der Waals surface area contributed by atoms with Gasteiger partial charge in [-0.05, 0) is 80.8 Å². The van der Waals surface area contributed by atoms with Crippen molar-refractivity contribution in [3.63, 3.8) is 0 Å². The van der Waals surface area contributed by atoms with Crippen LogP contribution in [0.5, 0.6) is 0 Å². The summed E-state index contributed by atoms with van der Waals surface area (Å²) in [6, 6.07) is -0.190. The Hall–Kier alpha value is -2.08. The zero-order valence-electron chi connectivity index (χ0n) is 18.4. The van der Waals surface area contributed by atoms with Gasteiger partial charge in [-0.15, -0.1) is 0 Å². The van der Waals surface area contributed by atoms with Crippen LogP contribution in [0.3, 0.4) is 0 Å². The number of aliphatic hydroxyl groups is 1. The minimum absolute atomic E-state index is 0.0400. The highest BCUT2D eigenvalue weighted by Crippen LogP contribution is 2.27. The molecule has 156 valence electrons. The molecule has 0 spiro atoms. The summed E-state index contributed by atoms with van der Waals surface area (Å²) in [5.41, 5.74) is 6.27. The number of β-amino-alcohol motifs (C(OH)–C–C–N with tert-alkyl or cyclic N) is 1. The van der Waals surface area contributed by atoms with Crippen LogP contribution < -0.4 is 5.32 Å². The van der Waals surface area contributed by atoms with Crippen LogP contribution in [0.4, 0.5) is 4.79 Å². The van der Waals surface area contributed by atoms with Gasteiger partial charge in [-0.25, -0.2) is 4.79 Å². The van der Waals surface area contributed by atoms with Crippen molar-refractivity contribution in [3.8, 4) is 0 Å². The molecule has 0 radical (unpaired) electrons. The van der Waals surface area contributed by atoms with Gasteiger partial charge < -0.3 is 20.2 Å². The Morgan fingerprint density at radius 1 is 1.04 bits per heavy atom. The van der Waals surface area contributed by atoms with Gasteiger partial charge in [0.2, 0.25) is 5.91 Å². The van der Waals surface area contributed by atoms with Gasteiger partial charge in [-0.2, -0.15) is 0 Å². The number of hydrogen-bond donors (Lipinski definition) is 2. The molecule has 1 atom stereocenters. The van der Waals surface area contributed by atoms with Crippen LogP contribution in [-0.4, -0.2) is 59.6 Å². The molecule has 1 heterocycles. The average Bonchev–Trinajstić information content (AvgIpc) is 2.64.